The summed E-state index contributed by atoms with van der Waals surface area (Å²) in [6.07, 6.45) is 0. The number of phenolic OH excluding ortho intramolecular Hbond substituents is 1. The average Bonchev–Trinajstić information content (AvgIpc) is 2.49. The highest BCUT2D eigenvalue weighted by Crippen LogP contribution is 2.39. The number of aromatic hydroxyl groups is 1. The zero-order valence-electron chi connectivity index (χ0n) is 12.1. The summed E-state index contributed by atoms with van der Waals surface area (Å²) in [5.74, 6) is -0.153. The molecule has 0 aromatic heterocycles. The summed E-state index contributed by atoms with van der Waals surface area (Å²) >= 11 is -0.240. The summed E-state index contributed by atoms with van der Waals surface area (Å²) in [5.41, 5.74) is -5.44. The highest BCUT2D eigenvalue weighted by Gasteiger charge is 2.52. The van der Waals surface area contributed by atoms with E-state index >= 15 is 0 Å². The molecule has 1 fully saturated rings. The Morgan fingerprint density at radius 2 is 1.62 bits per heavy atom. The third-order valence-electron chi connectivity index (χ3n) is 3.74. The van der Waals surface area contributed by atoms with E-state index in [1.54, 1.807) is 0 Å². The summed E-state index contributed by atoms with van der Waals surface area (Å²) in [7, 11) is -0.899. The molecule has 1 N–H and O–H groups in total. The number of alkyl halides is 3. The van der Waals surface area contributed by atoms with E-state index in [0.717, 1.165) is 0 Å². The van der Waals surface area contributed by atoms with Gasteiger partial charge in [-0.15, -0.1) is 0 Å². The second kappa shape index (κ2) is 5.10. The molecular formula is C13H16BF3O3S. The van der Waals surface area contributed by atoms with Crippen LogP contribution in [0.5, 0.6) is 5.75 Å². The van der Waals surface area contributed by atoms with Gasteiger partial charge in [-0.1, -0.05) is 0 Å². The van der Waals surface area contributed by atoms with Gasteiger partial charge in [-0.25, -0.2) is 0 Å². The number of benzene rings is 1. The smallest absolute Gasteiger partial charge is 0.498 e. The summed E-state index contributed by atoms with van der Waals surface area (Å²) < 4.78 is 48.8. The molecule has 0 atom stereocenters. The topological polar surface area (TPSA) is 38.7 Å². The second-order valence-corrected chi connectivity index (χ2v) is 7.00. The van der Waals surface area contributed by atoms with Crippen molar-refractivity contribution in [3.05, 3.63) is 18.2 Å². The van der Waals surface area contributed by atoms with E-state index in [1.165, 1.54) is 18.2 Å². The Morgan fingerprint density at radius 1 is 1.10 bits per heavy atom. The quantitative estimate of drug-likeness (QED) is 0.670. The van der Waals surface area contributed by atoms with Crippen LogP contribution in [0, 0.1) is 0 Å². The first-order valence-corrected chi connectivity index (χ1v) is 7.17. The van der Waals surface area contributed by atoms with E-state index in [-0.39, 0.29) is 27.9 Å². The van der Waals surface area contributed by atoms with Crippen molar-refractivity contribution in [2.24, 2.45) is 0 Å². The van der Waals surface area contributed by atoms with Gasteiger partial charge in [0.2, 0.25) is 0 Å². The second-order valence-electron chi connectivity index (χ2n) is 5.86. The van der Waals surface area contributed by atoms with Crippen LogP contribution in [0.1, 0.15) is 27.7 Å². The summed E-state index contributed by atoms with van der Waals surface area (Å²) in [6, 6.07) is 3.67. The molecule has 116 valence electrons. The Hall–Kier alpha value is -0.855. The lowest BCUT2D eigenvalue weighted by Crippen LogP contribution is -2.41. The van der Waals surface area contributed by atoms with Crippen LogP contribution in [0.25, 0.3) is 0 Å². The Bertz CT molecular complexity index is 530. The fourth-order valence-corrected chi connectivity index (χ4v) is 2.48. The first kappa shape index (κ1) is 16.5. The third kappa shape index (κ3) is 3.49. The van der Waals surface area contributed by atoms with Crippen molar-refractivity contribution < 1.29 is 27.6 Å². The predicted octanol–water partition coefficient (Wildman–Crippen LogP) is 3.30. The van der Waals surface area contributed by atoms with Crippen LogP contribution in [0.3, 0.4) is 0 Å². The molecule has 1 aromatic carbocycles. The monoisotopic (exact) mass is 320 g/mol. The van der Waals surface area contributed by atoms with E-state index in [9.17, 15) is 18.3 Å². The molecule has 21 heavy (non-hydrogen) atoms. The van der Waals surface area contributed by atoms with E-state index < -0.39 is 23.8 Å². The minimum Gasteiger partial charge on any atom is -0.508 e. The molecule has 0 radical (unpaired) electrons. The van der Waals surface area contributed by atoms with Gasteiger partial charge in [0.05, 0.1) is 11.2 Å². The summed E-state index contributed by atoms with van der Waals surface area (Å²) in [4.78, 5) is -0.0231. The zero-order chi connectivity index (χ0) is 16.1. The highest BCUT2D eigenvalue weighted by molar-refractivity contribution is 8.00. The Morgan fingerprint density at radius 3 is 2.10 bits per heavy atom. The van der Waals surface area contributed by atoms with Gasteiger partial charge in [-0.2, -0.15) is 13.2 Å². The summed E-state index contributed by atoms with van der Waals surface area (Å²) in [6.45, 7) is 7.33. The van der Waals surface area contributed by atoms with Crippen LogP contribution < -0.4 is 5.46 Å². The number of rotatable bonds is 2. The molecule has 0 aliphatic carbocycles. The number of phenols is 1. The van der Waals surface area contributed by atoms with Gasteiger partial charge in [0.25, 0.3) is 0 Å². The van der Waals surface area contributed by atoms with Crippen molar-refractivity contribution in [3.63, 3.8) is 0 Å². The van der Waals surface area contributed by atoms with Gasteiger partial charge in [-0.3, -0.25) is 0 Å². The largest absolute Gasteiger partial charge is 0.508 e. The standard InChI is InChI=1S/C13H16BF3O3S/c1-11(2)12(3,4)20-14(19-11)9-7-8(5-6-10(9)18)21-13(15,16)17/h5-7,18H,1-4H3. The minimum atomic E-state index is -4.38. The average molecular weight is 320 g/mol. The molecule has 0 saturated carbocycles. The van der Waals surface area contributed by atoms with E-state index in [2.05, 4.69) is 0 Å². The fraction of sp³-hybridized carbons (Fsp3) is 0.538. The Kier molecular flexibility index (Phi) is 4.01. The van der Waals surface area contributed by atoms with Crippen LogP contribution in [0.15, 0.2) is 23.1 Å². The first-order valence-electron chi connectivity index (χ1n) is 6.36. The normalized spacial score (nSPS) is 20.8. The van der Waals surface area contributed by atoms with Crippen LogP contribution in [0.4, 0.5) is 13.2 Å². The predicted molar refractivity (Wildman–Crippen MR) is 75.7 cm³/mol. The molecule has 8 heteroatoms. The van der Waals surface area contributed by atoms with Crippen molar-refractivity contribution in [2.45, 2.75) is 49.3 Å². The molecule has 0 spiro atoms. The molecule has 0 bridgehead atoms. The lowest BCUT2D eigenvalue weighted by Gasteiger charge is -2.32. The van der Waals surface area contributed by atoms with Crippen molar-refractivity contribution >= 4 is 24.3 Å². The molecule has 1 aliphatic rings. The van der Waals surface area contributed by atoms with Gasteiger partial charge in [0.15, 0.2) is 0 Å². The van der Waals surface area contributed by atoms with E-state index in [0.29, 0.717) is 0 Å². The molecule has 1 aliphatic heterocycles. The molecule has 1 heterocycles. The zero-order valence-corrected chi connectivity index (χ0v) is 12.9. The molecule has 0 amide bonds. The molecule has 3 nitrogen and oxygen atoms in total. The van der Waals surface area contributed by atoms with Crippen LogP contribution >= 0.6 is 11.8 Å². The van der Waals surface area contributed by atoms with Gasteiger partial charge < -0.3 is 14.4 Å². The lowest BCUT2D eigenvalue weighted by molar-refractivity contribution is -0.0328. The molecule has 0 unspecified atom stereocenters. The first-order chi connectivity index (χ1) is 9.41. The van der Waals surface area contributed by atoms with Gasteiger partial charge in [-0.05, 0) is 57.7 Å². The van der Waals surface area contributed by atoms with Crippen LogP contribution in [-0.4, -0.2) is 28.9 Å². The molecule has 1 saturated heterocycles. The molecule has 1 aromatic rings. The molecular weight excluding hydrogens is 304 g/mol. The SMILES string of the molecule is CC1(C)OB(c2cc(SC(F)(F)F)ccc2O)OC1(C)C. The van der Waals surface area contributed by atoms with Crippen molar-refractivity contribution in [1.29, 1.82) is 0 Å². The van der Waals surface area contributed by atoms with E-state index in [1.807, 2.05) is 27.7 Å². The van der Waals surface area contributed by atoms with Gasteiger partial charge in [0.1, 0.15) is 5.75 Å². The van der Waals surface area contributed by atoms with Gasteiger partial charge >= 0.3 is 12.6 Å². The van der Waals surface area contributed by atoms with Crippen molar-refractivity contribution in [3.8, 4) is 5.75 Å². The highest BCUT2D eigenvalue weighted by atomic mass is 32.2. The number of hydrogen-bond donors (Lipinski definition) is 1. The molecule has 2 rings (SSSR count). The summed E-state index contributed by atoms with van der Waals surface area (Å²) in [5, 5.41) is 9.88. The number of thioether (sulfide) groups is 1. The maximum Gasteiger partial charge on any atom is 0.498 e. The van der Waals surface area contributed by atoms with Crippen molar-refractivity contribution in [2.75, 3.05) is 0 Å². The van der Waals surface area contributed by atoms with E-state index in [4.69, 9.17) is 9.31 Å². The van der Waals surface area contributed by atoms with Gasteiger partial charge in [0, 0.05) is 10.4 Å². The van der Waals surface area contributed by atoms with Crippen LogP contribution in [0.2, 0.25) is 0 Å². The van der Waals surface area contributed by atoms with Crippen LogP contribution in [-0.2, 0) is 9.31 Å². The van der Waals surface area contributed by atoms with Crippen molar-refractivity contribution in [1.82, 2.24) is 0 Å². The Balaban J connectivity index is 2.31. The number of halogens is 3. The minimum absolute atomic E-state index is 0.0231. The Labute approximate surface area is 126 Å². The number of hydrogen-bond acceptors (Lipinski definition) is 4. The third-order valence-corrected chi connectivity index (χ3v) is 4.46. The maximum absolute atomic E-state index is 12.4. The fourth-order valence-electron chi connectivity index (χ4n) is 1.89. The maximum atomic E-state index is 12.4. The lowest BCUT2D eigenvalue weighted by atomic mass is 9.78.